The third kappa shape index (κ3) is 5.30. The van der Waals surface area contributed by atoms with Gasteiger partial charge in [0.1, 0.15) is 0 Å². The molecule has 21 heavy (non-hydrogen) atoms. The molecule has 1 fully saturated rings. The van der Waals surface area contributed by atoms with Crippen LogP contribution in [0.4, 0.5) is 5.69 Å². The molecule has 0 aliphatic heterocycles. The summed E-state index contributed by atoms with van der Waals surface area (Å²) < 4.78 is 1.23. The lowest BCUT2D eigenvalue weighted by molar-refractivity contribution is 0.551. The van der Waals surface area contributed by atoms with E-state index < -0.39 is 0 Å². The Morgan fingerprint density at radius 3 is 2.43 bits per heavy atom. The number of benzene rings is 1. The SMILES string of the molecule is CC(C)CNCc1ccc(N(CC(C)C)C2CC2)cc1Br. The number of nitrogens with one attached hydrogen (secondary N) is 1. The van der Waals surface area contributed by atoms with Gasteiger partial charge in [0, 0.05) is 29.3 Å². The number of anilines is 1. The Kier molecular flexibility index (Phi) is 6.12. The smallest absolute Gasteiger partial charge is 0.0380 e. The highest BCUT2D eigenvalue weighted by Crippen LogP contribution is 2.34. The van der Waals surface area contributed by atoms with E-state index in [2.05, 4.69) is 72.0 Å². The van der Waals surface area contributed by atoms with Crippen LogP contribution >= 0.6 is 15.9 Å². The first-order valence-corrected chi connectivity index (χ1v) is 9.02. The van der Waals surface area contributed by atoms with Crippen molar-refractivity contribution in [3.63, 3.8) is 0 Å². The highest BCUT2D eigenvalue weighted by Gasteiger charge is 2.29. The zero-order valence-corrected chi connectivity index (χ0v) is 15.4. The quantitative estimate of drug-likeness (QED) is 0.721. The Balaban J connectivity index is 2.02. The molecule has 1 aromatic carbocycles. The first-order chi connectivity index (χ1) is 9.97. The number of halogens is 1. The molecule has 1 N–H and O–H groups in total. The van der Waals surface area contributed by atoms with Gasteiger partial charge in [-0.2, -0.15) is 0 Å². The van der Waals surface area contributed by atoms with Crippen molar-refractivity contribution in [2.75, 3.05) is 18.0 Å². The second-order valence-corrected chi connectivity index (χ2v) is 7.93. The summed E-state index contributed by atoms with van der Waals surface area (Å²) in [5.41, 5.74) is 2.71. The van der Waals surface area contributed by atoms with Crippen molar-refractivity contribution in [1.82, 2.24) is 5.32 Å². The average molecular weight is 353 g/mol. The van der Waals surface area contributed by atoms with Crippen LogP contribution in [0.2, 0.25) is 0 Å². The van der Waals surface area contributed by atoms with E-state index in [1.165, 1.54) is 28.6 Å². The Labute approximate surface area is 138 Å². The molecule has 0 atom stereocenters. The minimum absolute atomic E-state index is 0.694. The molecule has 3 heteroatoms. The fraction of sp³-hybridized carbons (Fsp3) is 0.667. The molecule has 2 rings (SSSR count). The van der Waals surface area contributed by atoms with E-state index in [0.717, 1.165) is 25.7 Å². The lowest BCUT2D eigenvalue weighted by Crippen LogP contribution is -2.29. The van der Waals surface area contributed by atoms with Gasteiger partial charge in [-0.05, 0) is 48.9 Å². The van der Waals surface area contributed by atoms with E-state index in [-0.39, 0.29) is 0 Å². The van der Waals surface area contributed by atoms with Crippen LogP contribution in [0.5, 0.6) is 0 Å². The highest BCUT2D eigenvalue weighted by molar-refractivity contribution is 9.10. The molecular weight excluding hydrogens is 324 g/mol. The third-order valence-electron chi connectivity index (χ3n) is 3.79. The van der Waals surface area contributed by atoms with Gasteiger partial charge in [-0.1, -0.05) is 49.7 Å². The molecule has 2 nitrogen and oxygen atoms in total. The number of rotatable bonds is 8. The summed E-state index contributed by atoms with van der Waals surface area (Å²) in [5, 5.41) is 3.51. The molecule has 1 aromatic rings. The van der Waals surface area contributed by atoms with Crippen LogP contribution in [0, 0.1) is 11.8 Å². The third-order valence-corrected chi connectivity index (χ3v) is 4.52. The van der Waals surface area contributed by atoms with E-state index in [1.54, 1.807) is 0 Å². The average Bonchev–Trinajstić information content (AvgIpc) is 3.21. The lowest BCUT2D eigenvalue weighted by Gasteiger charge is -2.27. The summed E-state index contributed by atoms with van der Waals surface area (Å²) in [6.45, 7) is 12.2. The standard InChI is InChI=1S/C18H29BrN2/c1-13(2)10-20-11-15-5-6-17(9-18(15)19)21(12-14(3)4)16-7-8-16/h5-6,9,13-14,16,20H,7-8,10-12H2,1-4H3. The van der Waals surface area contributed by atoms with Crippen LogP contribution in [0.1, 0.15) is 46.1 Å². The first kappa shape index (κ1) is 16.8. The normalized spacial score (nSPS) is 15.0. The monoisotopic (exact) mass is 352 g/mol. The Bertz CT molecular complexity index is 453. The summed E-state index contributed by atoms with van der Waals surface area (Å²) in [5.74, 6) is 1.40. The van der Waals surface area contributed by atoms with E-state index in [1.807, 2.05) is 0 Å². The van der Waals surface area contributed by atoms with Crippen LogP contribution in [-0.2, 0) is 6.54 Å². The number of hydrogen-bond donors (Lipinski definition) is 1. The maximum absolute atomic E-state index is 3.75. The Morgan fingerprint density at radius 2 is 1.90 bits per heavy atom. The molecule has 0 spiro atoms. The molecular formula is C18H29BrN2. The van der Waals surface area contributed by atoms with Crippen LogP contribution < -0.4 is 10.2 Å². The summed E-state index contributed by atoms with van der Waals surface area (Å²) in [4.78, 5) is 2.58. The van der Waals surface area contributed by atoms with Gasteiger partial charge in [-0.3, -0.25) is 0 Å². The molecule has 0 radical (unpaired) electrons. The molecule has 0 bridgehead atoms. The van der Waals surface area contributed by atoms with Gasteiger partial charge < -0.3 is 10.2 Å². The van der Waals surface area contributed by atoms with Crippen molar-refractivity contribution in [3.05, 3.63) is 28.2 Å². The zero-order chi connectivity index (χ0) is 15.4. The lowest BCUT2D eigenvalue weighted by atomic mass is 10.1. The van der Waals surface area contributed by atoms with E-state index >= 15 is 0 Å². The molecule has 1 aliphatic rings. The second-order valence-electron chi connectivity index (χ2n) is 7.08. The van der Waals surface area contributed by atoms with E-state index in [4.69, 9.17) is 0 Å². The molecule has 0 saturated heterocycles. The second kappa shape index (κ2) is 7.64. The van der Waals surface area contributed by atoms with Gasteiger partial charge in [0.05, 0.1) is 0 Å². The van der Waals surface area contributed by atoms with Crippen molar-refractivity contribution in [1.29, 1.82) is 0 Å². The topological polar surface area (TPSA) is 15.3 Å². The van der Waals surface area contributed by atoms with Crippen LogP contribution in [0.15, 0.2) is 22.7 Å². The predicted octanol–water partition coefficient (Wildman–Crippen LogP) is 4.82. The molecule has 0 heterocycles. The van der Waals surface area contributed by atoms with Crippen molar-refractivity contribution >= 4 is 21.6 Å². The molecule has 0 unspecified atom stereocenters. The Hall–Kier alpha value is -0.540. The van der Waals surface area contributed by atoms with Crippen LogP contribution in [0.25, 0.3) is 0 Å². The summed E-state index contributed by atoms with van der Waals surface area (Å²) >= 11 is 3.75. The highest BCUT2D eigenvalue weighted by atomic mass is 79.9. The zero-order valence-electron chi connectivity index (χ0n) is 13.8. The van der Waals surface area contributed by atoms with E-state index in [9.17, 15) is 0 Å². The number of nitrogens with zero attached hydrogens (tertiary/aromatic N) is 1. The number of hydrogen-bond acceptors (Lipinski definition) is 2. The van der Waals surface area contributed by atoms with E-state index in [0.29, 0.717) is 11.8 Å². The van der Waals surface area contributed by atoms with Gasteiger partial charge >= 0.3 is 0 Å². The van der Waals surface area contributed by atoms with Gasteiger partial charge in [-0.15, -0.1) is 0 Å². The molecule has 118 valence electrons. The fourth-order valence-corrected chi connectivity index (χ4v) is 3.11. The minimum atomic E-state index is 0.694. The molecule has 1 aliphatic carbocycles. The summed E-state index contributed by atoms with van der Waals surface area (Å²) in [6.07, 6.45) is 2.70. The maximum Gasteiger partial charge on any atom is 0.0380 e. The largest absolute Gasteiger partial charge is 0.368 e. The van der Waals surface area contributed by atoms with Gasteiger partial charge in [0.25, 0.3) is 0 Å². The maximum atomic E-state index is 3.75. The fourth-order valence-electron chi connectivity index (χ4n) is 2.60. The van der Waals surface area contributed by atoms with Gasteiger partial charge in [0.15, 0.2) is 0 Å². The Morgan fingerprint density at radius 1 is 1.19 bits per heavy atom. The van der Waals surface area contributed by atoms with Crippen molar-refractivity contribution in [2.24, 2.45) is 11.8 Å². The van der Waals surface area contributed by atoms with Crippen LogP contribution in [-0.4, -0.2) is 19.1 Å². The first-order valence-electron chi connectivity index (χ1n) is 8.23. The summed E-state index contributed by atoms with van der Waals surface area (Å²) in [6, 6.07) is 7.62. The van der Waals surface area contributed by atoms with Gasteiger partial charge in [0.2, 0.25) is 0 Å². The van der Waals surface area contributed by atoms with Crippen molar-refractivity contribution in [2.45, 2.75) is 53.1 Å². The van der Waals surface area contributed by atoms with Crippen molar-refractivity contribution in [3.8, 4) is 0 Å². The summed E-state index contributed by atoms with van der Waals surface area (Å²) in [7, 11) is 0. The predicted molar refractivity (Wildman–Crippen MR) is 95.9 cm³/mol. The van der Waals surface area contributed by atoms with Gasteiger partial charge in [-0.25, -0.2) is 0 Å². The molecule has 0 aromatic heterocycles. The minimum Gasteiger partial charge on any atom is -0.368 e. The van der Waals surface area contributed by atoms with Crippen LogP contribution in [0.3, 0.4) is 0 Å². The molecule has 0 amide bonds. The molecule has 1 saturated carbocycles. The van der Waals surface area contributed by atoms with Crippen molar-refractivity contribution < 1.29 is 0 Å².